The number of thiophene rings is 1. The molecule has 19 heavy (non-hydrogen) atoms. The minimum atomic E-state index is -3.43. The molecule has 0 amide bonds. The van der Waals surface area contributed by atoms with Crippen LogP contribution in [0.3, 0.4) is 0 Å². The molecule has 0 unspecified atom stereocenters. The summed E-state index contributed by atoms with van der Waals surface area (Å²) in [5.41, 5.74) is 0. The highest BCUT2D eigenvalue weighted by molar-refractivity contribution is 9.11. The van der Waals surface area contributed by atoms with Gasteiger partial charge in [0, 0.05) is 18.0 Å². The second-order valence-electron chi connectivity index (χ2n) is 4.76. The van der Waals surface area contributed by atoms with E-state index < -0.39 is 10.0 Å². The molecule has 4 nitrogen and oxygen atoms in total. The summed E-state index contributed by atoms with van der Waals surface area (Å²) in [5, 5.41) is 9.10. The van der Waals surface area contributed by atoms with Crippen LogP contribution in [0.1, 0.15) is 31.1 Å². The Kier molecular flexibility index (Phi) is 5.05. The number of aliphatic hydroxyl groups is 1. The molecule has 1 aliphatic heterocycles. The van der Waals surface area contributed by atoms with Gasteiger partial charge in [-0.2, -0.15) is 4.31 Å². The summed E-state index contributed by atoms with van der Waals surface area (Å²) in [6.45, 7) is 3.21. The predicted molar refractivity (Wildman–Crippen MR) is 79.7 cm³/mol. The van der Waals surface area contributed by atoms with E-state index in [1.54, 1.807) is 10.4 Å². The quantitative estimate of drug-likeness (QED) is 0.889. The van der Waals surface area contributed by atoms with Gasteiger partial charge in [0.1, 0.15) is 4.90 Å². The van der Waals surface area contributed by atoms with E-state index in [0.29, 0.717) is 27.7 Å². The van der Waals surface area contributed by atoms with Crippen molar-refractivity contribution in [3.05, 3.63) is 14.7 Å². The fourth-order valence-corrected chi connectivity index (χ4v) is 6.31. The highest BCUT2D eigenvalue weighted by Gasteiger charge is 2.31. The lowest BCUT2D eigenvalue weighted by molar-refractivity contribution is 0.269. The smallest absolute Gasteiger partial charge is 0.245 e. The van der Waals surface area contributed by atoms with Gasteiger partial charge in [-0.25, -0.2) is 8.42 Å². The number of aliphatic hydroxyl groups excluding tert-OH is 1. The van der Waals surface area contributed by atoms with Crippen molar-refractivity contribution in [2.75, 3.05) is 13.1 Å². The molecule has 2 rings (SSSR count). The Morgan fingerprint density at radius 3 is 2.58 bits per heavy atom. The van der Waals surface area contributed by atoms with Crippen LogP contribution in [0.5, 0.6) is 0 Å². The van der Waals surface area contributed by atoms with E-state index in [1.165, 1.54) is 11.3 Å². The first-order chi connectivity index (χ1) is 8.98. The zero-order chi connectivity index (χ0) is 14.0. The SMILES string of the molecule is CCC1CCN(S(=O)(=O)c2cc(CO)sc2Br)CC1. The monoisotopic (exact) mass is 367 g/mol. The van der Waals surface area contributed by atoms with Crippen molar-refractivity contribution < 1.29 is 13.5 Å². The van der Waals surface area contributed by atoms with Gasteiger partial charge >= 0.3 is 0 Å². The van der Waals surface area contributed by atoms with E-state index in [9.17, 15) is 8.42 Å². The van der Waals surface area contributed by atoms with Crippen LogP contribution in [0, 0.1) is 5.92 Å². The van der Waals surface area contributed by atoms with E-state index >= 15 is 0 Å². The summed E-state index contributed by atoms with van der Waals surface area (Å²) in [6.07, 6.45) is 2.99. The molecule has 1 aromatic rings. The van der Waals surface area contributed by atoms with Gasteiger partial charge in [-0.15, -0.1) is 11.3 Å². The zero-order valence-corrected chi connectivity index (χ0v) is 14.0. The van der Waals surface area contributed by atoms with Crippen molar-refractivity contribution >= 4 is 37.3 Å². The molecule has 0 aliphatic carbocycles. The van der Waals surface area contributed by atoms with Gasteiger partial charge in [0.25, 0.3) is 0 Å². The average Bonchev–Trinajstić information content (AvgIpc) is 2.81. The Morgan fingerprint density at radius 2 is 2.11 bits per heavy atom. The Hall–Kier alpha value is 0.0500. The molecule has 1 saturated heterocycles. The molecule has 0 aromatic carbocycles. The Balaban J connectivity index is 2.20. The van der Waals surface area contributed by atoms with Crippen LogP contribution < -0.4 is 0 Å². The maximum atomic E-state index is 12.6. The largest absolute Gasteiger partial charge is 0.391 e. The first kappa shape index (κ1) is 15.4. The van der Waals surface area contributed by atoms with Crippen LogP contribution in [0.2, 0.25) is 0 Å². The van der Waals surface area contributed by atoms with E-state index in [0.717, 1.165) is 19.3 Å². The van der Waals surface area contributed by atoms with Crippen molar-refractivity contribution in [2.24, 2.45) is 5.92 Å². The molecule has 108 valence electrons. The fraction of sp³-hybridized carbons (Fsp3) is 0.667. The van der Waals surface area contributed by atoms with Crippen LogP contribution in [-0.4, -0.2) is 30.9 Å². The van der Waals surface area contributed by atoms with Crippen LogP contribution in [0.15, 0.2) is 14.7 Å². The summed E-state index contributed by atoms with van der Waals surface area (Å²) in [5.74, 6) is 0.644. The Bertz CT molecular complexity index is 533. The number of piperidine rings is 1. The summed E-state index contributed by atoms with van der Waals surface area (Å²) >= 11 is 4.56. The number of sulfonamides is 1. The lowest BCUT2D eigenvalue weighted by Crippen LogP contribution is -2.38. The second-order valence-corrected chi connectivity index (χ2v) is 9.13. The molecule has 0 saturated carbocycles. The van der Waals surface area contributed by atoms with Gasteiger partial charge in [0.05, 0.1) is 10.4 Å². The molecule has 0 radical (unpaired) electrons. The van der Waals surface area contributed by atoms with E-state index in [-0.39, 0.29) is 11.5 Å². The number of rotatable bonds is 4. The van der Waals surface area contributed by atoms with Crippen molar-refractivity contribution in [3.8, 4) is 0 Å². The minimum absolute atomic E-state index is 0.128. The molecule has 1 fully saturated rings. The summed E-state index contributed by atoms with van der Waals surface area (Å²) < 4.78 is 27.2. The van der Waals surface area contributed by atoms with Gasteiger partial charge < -0.3 is 5.11 Å². The van der Waals surface area contributed by atoms with E-state index in [1.807, 2.05) is 0 Å². The lowest BCUT2D eigenvalue weighted by Gasteiger charge is -2.30. The van der Waals surface area contributed by atoms with Crippen molar-refractivity contribution in [1.82, 2.24) is 4.31 Å². The summed E-state index contributed by atoms with van der Waals surface area (Å²) in [6, 6.07) is 1.57. The Labute approximate surface area is 126 Å². The highest BCUT2D eigenvalue weighted by Crippen LogP contribution is 2.35. The summed E-state index contributed by atoms with van der Waals surface area (Å²) in [7, 11) is -3.43. The molecule has 1 aliphatic rings. The van der Waals surface area contributed by atoms with E-state index in [2.05, 4.69) is 22.9 Å². The maximum absolute atomic E-state index is 12.6. The molecule has 1 N–H and O–H groups in total. The molecule has 1 aromatic heterocycles. The molecule has 0 bridgehead atoms. The number of nitrogens with zero attached hydrogens (tertiary/aromatic N) is 1. The normalized spacial score (nSPS) is 18.9. The summed E-state index contributed by atoms with van der Waals surface area (Å²) in [4.78, 5) is 0.949. The van der Waals surface area contributed by atoms with Gasteiger partial charge in [-0.3, -0.25) is 0 Å². The third kappa shape index (κ3) is 3.21. The van der Waals surface area contributed by atoms with Gasteiger partial charge in [-0.05, 0) is 40.8 Å². The highest BCUT2D eigenvalue weighted by atomic mass is 79.9. The second kappa shape index (κ2) is 6.22. The zero-order valence-electron chi connectivity index (χ0n) is 10.8. The standard InChI is InChI=1S/C12H18BrNO3S2/c1-2-9-3-5-14(6-4-9)19(16,17)11-7-10(8-15)18-12(11)13/h7,9,15H,2-6,8H2,1H3. The molecule has 0 spiro atoms. The third-order valence-electron chi connectivity index (χ3n) is 3.63. The van der Waals surface area contributed by atoms with Crippen molar-refractivity contribution in [3.63, 3.8) is 0 Å². The van der Waals surface area contributed by atoms with Gasteiger partial charge in [0.2, 0.25) is 10.0 Å². The topological polar surface area (TPSA) is 57.6 Å². The number of hydrogen-bond donors (Lipinski definition) is 1. The van der Waals surface area contributed by atoms with Crippen LogP contribution in [0.25, 0.3) is 0 Å². The molecule has 2 heterocycles. The maximum Gasteiger partial charge on any atom is 0.245 e. The van der Waals surface area contributed by atoms with Crippen LogP contribution in [0.4, 0.5) is 0 Å². The minimum Gasteiger partial charge on any atom is -0.391 e. The molecular formula is C12H18BrNO3S2. The number of hydrogen-bond acceptors (Lipinski definition) is 4. The van der Waals surface area contributed by atoms with Gasteiger partial charge in [-0.1, -0.05) is 13.3 Å². The van der Waals surface area contributed by atoms with Gasteiger partial charge in [0.15, 0.2) is 0 Å². The fourth-order valence-electron chi connectivity index (χ4n) is 2.35. The van der Waals surface area contributed by atoms with E-state index in [4.69, 9.17) is 5.11 Å². The predicted octanol–water partition coefficient (Wildman–Crippen LogP) is 2.81. The van der Waals surface area contributed by atoms with Crippen LogP contribution >= 0.6 is 27.3 Å². The first-order valence-electron chi connectivity index (χ1n) is 6.38. The first-order valence-corrected chi connectivity index (χ1v) is 9.43. The Morgan fingerprint density at radius 1 is 1.47 bits per heavy atom. The van der Waals surface area contributed by atoms with Crippen molar-refractivity contribution in [1.29, 1.82) is 0 Å². The van der Waals surface area contributed by atoms with Crippen molar-refractivity contribution in [2.45, 2.75) is 37.7 Å². The molecule has 7 heteroatoms. The molecule has 0 atom stereocenters. The molecular weight excluding hydrogens is 350 g/mol. The number of halogens is 1. The average molecular weight is 368 g/mol. The van der Waals surface area contributed by atoms with Crippen LogP contribution in [-0.2, 0) is 16.6 Å². The third-order valence-corrected chi connectivity index (χ3v) is 7.77. The lowest BCUT2D eigenvalue weighted by atomic mass is 9.96.